The molecule has 0 unspecified atom stereocenters. The van der Waals surface area contributed by atoms with Gasteiger partial charge >= 0.3 is 0 Å². The van der Waals surface area contributed by atoms with Crippen molar-refractivity contribution in [1.82, 2.24) is 0 Å². The van der Waals surface area contributed by atoms with Gasteiger partial charge in [-0.3, -0.25) is 0 Å². The van der Waals surface area contributed by atoms with Gasteiger partial charge in [-0.05, 0) is 40.8 Å². The van der Waals surface area contributed by atoms with Crippen LogP contribution in [0.3, 0.4) is 0 Å². The summed E-state index contributed by atoms with van der Waals surface area (Å²) in [6, 6.07) is 3.05. The van der Waals surface area contributed by atoms with E-state index in [1.807, 2.05) is 0 Å². The van der Waals surface area contributed by atoms with E-state index in [2.05, 4.69) is 15.9 Å². The Hall–Kier alpha value is -0.610. The minimum atomic E-state index is -0.617. The lowest BCUT2D eigenvalue weighted by atomic mass is 9.81. The molecule has 17 heavy (non-hydrogen) atoms. The highest BCUT2D eigenvalue weighted by molar-refractivity contribution is 9.10. The van der Waals surface area contributed by atoms with E-state index in [4.69, 9.17) is 5.73 Å². The van der Waals surface area contributed by atoms with Crippen molar-refractivity contribution in [2.75, 3.05) is 0 Å². The molecule has 2 nitrogen and oxygen atoms in total. The van der Waals surface area contributed by atoms with Crippen LogP contribution >= 0.6 is 15.9 Å². The molecular formula is C13H17BrFNO. The molecule has 1 aromatic carbocycles. The predicted molar refractivity (Wildman–Crippen MR) is 69.3 cm³/mol. The summed E-state index contributed by atoms with van der Waals surface area (Å²) in [5.41, 5.74) is 6.67. The van der Waals surface area contributed by atoms with Crippen LogP contribution < -0.4 is 5.73 Å². The molecule has 0 aliphatic heterocycles. The van der Waals surface area contributed by atoms with Gasteiger partial charge in [-0.15, -0.1) is 0 Å². The monoisotopic (exact) mass is 301 g/mol. The highest BCUT2D eigenvalue weighted by atomic mass is 79.9. The van der Waals surface area contributed by atoms with E-state index >= 15 is 0 Å². The van der Waals surface area contributed by atoms with E-state index < -0.39 is 5.82 Å². The van der Waals surface area contributed by atoms with Gasteiger partial charge in [-0.25, -0.2) is 4.39 Å². The molecule has 0 bridgehead atoms. The average molecular weight is 302 g/mol. The third kappa shape index (κ3) is 2.63. The number of hydrogen-bond acceptors (Lipinski definition) is 2. The standard InChI is InChI=1S/C13H17BrFNO/c14-10-7-6-9(13(17)11(10)15)12(16)8-4-2-1-3-5-8/h6-8,12,17H,1-5,16H2/t12-/m1/s1. The van der Waals surface area contributed by atoms with Crippen LogP contribution in [0.1, 0.15) is 43.7 Å². The van der Waals surface area contributed by atoms with Gasteiger partial charge in [0, 0.05) is 11.6 Å². The SMILES string of the molecule is N[C@@H](c1ccc(Br)c(F)c1O)C1CCCCC1. The van der Waals surface area contributed by atoms with E-state index in [0.29, 0.717) is 11.5 Å². The lowest BCUT2D eigenvalue weighted by molar-refractivity contribution is 0.300. The van der Waals surface area contributed by atoms with E-state index in [9.17, 15) is 9.50 Å². The fourth-order valence-electron chi connectivity index (χ4n) is 2.57. The summed E-state index contributed by atoms with van der Waals surface area (Å²) >= 11 is 3.05. The van der Waals surface area contributed by atoms with Crippen molar-refractivity contribution in [3.63, 3.8) is 0 Å². The van der Waals surface area contributed by atoms with E-state index in [0.717, 1.165) is 12.8 Å². The second-order valence-corrected chi connectivity index (χ2v) is 5.58. The first-order chi connectivity index (χ1) is 8.11. The smallest absolute Gasteiger partial charge is 0.179 e. The first kappa shape index (κ1) is 12.8. The minimum Gasteiger partial charge on any atom is -0.505 e. The number of phenols is 1. The zero-order valence-corrected chi connectivity index (χ0v) is 11.2. The van der Waals surface area contributed by atoms with Gasteiger partial charge in [-0.2, -0.15) is 0 Å². The van der Waals surface area contributed by atoms with Gasteiger partial charge < -0.3 is 10.8 Å². The quantitative estimate of drug-likeness (QED) is 0.871. The van der Waals surface area contributed by atoms with E-state index in [1.165, 1.54) is 19.3 Å². The summed E-state index contributed by atoms with van der Waals surface area (Å²) in [5.74, 6) is -0.568. The fraction of sp³-hybridized carbons (Fsp3) is 0.538. The molecule has 1 aliphatic rings. The summed E-state index contributed by atoms with van der Waals surface area (Å²) in [4.78, 5) is 0. The Morgan fingerprint density at radius 3 is 2.59 bits per heavy atom. The number of benzene rings is 1. The molecule has 1 aliphatic carbocycles. The van der Waals surface area contributed by atoms with Crippen molar-refractivity contribution in [2.24, 2.45) is 11.7 Å². The summed E-state index contributed by atoms with van der Waals surface area (Å²) in [6.07, 6.45) is 5.75. The van der Waals surface area contributed by atoms with Crippen LogP contribution in [0.15, 0.2) is 16.6 Å². The maximum absolute atomic E-state index is 13.6. The van der Waals surface area contributed by atoms with Crippen molar-refractivity contribution in [3.05, 3.63) is 28.0 Å². The van der Waals surface area contributed by atoms with Gasteiger partial charge in [0.15, 0.2) is 11.6 Å². The summed E-state index contributed by atoms with van der Waals surface area (Å²) in [5, 5.41) is 9.79. The number of hydrogen-bond donors (Lipinski definition) is 2. The van der Waals surface area contributed by atoms with Crippen molar-refractivity contribution in [1.29, 1.82) is 0 Å². The lowest BCUT2D eigenvalue weighted by Crippen LogP contribution is -2.23. The topological polar surface area (TPSA) is 46.2 Å². The molecule has 0 radical (unpaired) electrons. The van der Waals surface area contributed by atoms with Crippen LogP contribution in [0.2, 0.25) is 0 Å². The van der Waals surface area contributed by atoms with Crippen LogP contribution in [0, 0.1) is 11.7 Å². The molecule has 1 aromatic rings. The Morgan fingerprint density at radius 1 is 1.29 bits per heavy atom. The Labute approximate surface area is 109 Å². The lowest BCUT2D eigenvalue weighted by Gasteiger charge is -2.28. The number of aromatic hydroxyl groups is 1. The van der Waals surface area contributed by atoms with Crippen LogP contribution in [-0.4, -0.2) is 5.11 Å². The first-order valence-electron chi connectivity index (χ1n) is 6.03. The Bertz CT molecular complexity index is 405. The molecule has 0 spiro atoms. The van der Waals surface area contributed by atoms with Crippen LogP contribution in [0.5, 0.6) is 5.75 Å². The Kier molecular flexibility index (Phi) is 4.05. The summed E-state index contributed by atoms with van der Waals surface area (Å²) < 4.78 is 13.8. The fourth-order valence-corrected chi connectivity index (χ4v) is 2.89. The second-order valence-electron chi connectivity index (χ2n) is 4.72. The largest absolute Gasteiger partial charge is 0.505 e. The molecule has 1 fully saturated rings. The third-order valence-electron chi connectivity index (χ3n) is 3.62. The van der Waals surface area contributed by atoms with Crippen molar-refractivity contribution in [2.45, 2.75) is 38.1 Å². The summed E-state index contributed by atoms with van der Waals surface area (Å²) in [7, 11) is 0. The number of phenolic OH excluding ortho intramolecular Hbond substituents is 1. The number of rotatable bonds is 2. The maximum Gasteiger partial charge on any atom is 0.179 e. The molecule has 0 aromatic heterocycles. The molecule has 0 amide bonds. The molecule has 0 saturated heterocycles. The van der Waals surface area contributed by atoms with Crippen LogP contribution in [-0.2, 0) is 0 Å². The van der Waals surface area contributed by atoms with Gasteiger partial charge in [0.25, 0.3) is 0 Å². The van der Waals surface area contributed by atoms with Crippen molar-refractivity contribution < 1.29 is 9.50 Å². The molecule has 4 heteroatoms. The van der Waals surface area contributed by atoms with Crippen molar-refractivity contribution >= 4 is 15.9 Å². The Balaban J connectivity index is 2.24. The Morgan fingerprint density at radius 2 is 1.94 bits per heavy atom. The highest BCUT2D eigenvalue weighted by Gasteiger charge is 2.25. The van der Waals surface area contributed by atoms with Gasteiger partial charge in [0.05, 0.1) is 4.47 Å². The molecular weight excluding hydrogens is 285 g/mol. The van der Waals surface area contributed by atoms with E-state index in [-0.39, 0.29) is 16.3 Å². The minimum absolute atomic E-state index is 0.266. The summed E-state index contributed by atoms with van der Waals surface area (Å²) in [6.45, 7) is 0. The number of halogens is 2. The van der Waals surface area contributed by atoms with Crippen LogP contribution in [0.25, 0.3) is 0 Å². The van der Waals surface area contributed by atoms with Crippen molar-refractivity contribution in [3.8, 4) is 5.75 Å². The normalized spacial score (nSPS) is 19.2. The molecule has 1 atom stereocenters. The molecule has 94 valence electrons. The van der Waals surface area contributed by atoms with Gasteiger partial charge in [0.1, 0.15) is 0 Å². The van der Waals surface area contributed by atoms with Gasteiger partial charge in [-0.1, -0.05) is 25.3 Å². The highest BCUT2D eigenvalue weighted by Crippen LogP contribution is 2.38. The maximum atomic E-state index is 13.6. The molecule has 2 rings (SSSR count). The van der Waals surface area contributed by atoms with Gasteiger partial charge in [0.2, 0.25) is 0 Å². The first-order valence-corrected chi connectivity index (χ1v) is 6.83. The second kappa shape index (κ2) is 5.36. The van der Waals surface area contributed by atoms with E-state index in [1.54, 1.807) is 12.1 Å². The predicted octanol–water partition coefficient (Wildman–Crippen LogP) is 3.87. The molecule has 1 saturated carbocycles. The zero-order valence-electron chi connectivity index (χ0n) is 9.63. The molecule has 0 heterocycles. The zero-order chi connectivity index (χ0) is 12.4. The number of nitrogens with two attached hydrogens (primary N) is 1. The third-order valence-corrected chi connectivity index (χ3v) is 4.23. The molecule has 3 N–H and O–H groups in total. The average Bonchev–Trinajstić information content (AvgIpc) is 2.36. The van der Waals surface area contributed by atoms with Crippen LogP contribution in [0.4, 0.5) is 4.39 Å².